The maximum atomic E-state index is 3.96. The quantitative estimate of drug-likeness (QED) is 0.767. The van der Waals surface area contributed by atoms with E-state index in [1.54, 1.807) is 0 Å². The molecule has 0 fully saturated rings. The van der Waals surface area contributed by atoms with Crippen LogP contribution in [0, 0.1) is 0 Å². The molecule has 0 saturated carbocycles. The Hall–Kier alpha value is -1.56. The SMILES string of the molecule is CSCCCNc1cccc(-c2nn[nH]n2)c1. The molecule has 0 unspecified atom stereocenters. The van der Waals surface area contributed by atoms with Gasteiger partial charge in [0.2, 0.25) is 5.82 Å². The Labute approximate surface area is 104 Å². The molecule has 2 rings (SSSR count). The highest BCUT2D eigenvalue weighted by atomic mass is 32.2. The largest absolute Gasteiger partial charge is 0.385 e. The summed E-state index contributed by atoms with van der Waals surface area (Å²) >= 11 is 1.87. The molecule has 0 spiro atoms. The molecule has 0 bridgehead atoms. The number of nitrogens with zero attached hydrogens (tertiary/aromatic N) is 3. The van der Waals surface area contributed by atoms with Crippen molar-refractivity contribution in [1.82, 2.24) is 20.6 Å². The Morgan fingerprint density at radius 2 is 2.35 bits per heavy atom. The topological polar surface area (TPSA) is 66.5 Å². The van der Waals surface area contributed by atoms with Crippen molar-refractivity contribution in [2.75, 3.05) is 23.9 Å². The summed E-state index contributed by atoms with van der Waals surface area (Å²) < 4.78 is 0. The van der Waals surface area contributed by atoms with Crippen LogP contribution in [0.5, 0.6) is 0 Å². The van der Waals surface area contributed by atoms with E-state index in [-0.39, 0.29) is 0 Å². The Morgan fingerprint density at radius 3 is 3.12 bits per heavy atom. The molecule has 0 saturated heterocycles. The molecular weight excluding hydrogens is 234 g/mol. The third-order valence-electron chi connectivity index (χ3n) is 2.32. The molecule has 6 heteroatoms. The number of tetrazole rings is 1. The molecule has 0 aliphatic rings. The zero-order valence-corrected chi connectivity index (χ0v) is 10.5. The molecule has 5 nitrogen and oxygen atoms in total. The molecule has 1 aromatic heterocycles. The number of rotatable bonds is 6. The second-order valence-corrected chi connectivity index (χ2v) is 4.57. The number of hydrogen-bond acceptors (Lipinski definition) is 5. The number of aromatic nitrogens is 4. The average Bonchev–Trinajstić information content (AvgIpc) is 2.89. The second kappa shape index (κ2) is 6.24. The van der Waals surface area contributed by atoms with Gasteiger partial charge in [-0.05, 0) is 35.8 Å². The van der Waals surface area contributed by atoms with Crippen LogP contribution < -0.4 is 5.32 Å². The van der Waals surface area contributed by atoms with Gasteiger partial charge in [-0.25, -0.2) is 0 Å². The van der Waals surface area contributed by atoms with Crippen molar-refractivity contribution in [1.29, 1.82) is 0 Å². The summed E-state index contributed by atoms with van der Waals surface area (Å²) in [5.74, 6) is 1.80. The maximum Gasteiger partial charge on any atom is 0.204 e. The first kappa shape index (κ1) is 11.9. The van der Waals surface area contributed by atoms with Crippen LogP contribution >= 0.6 is 11.8 Å². The lowest BCUT2D eigenvalue weighted by Crippen LogP contribution is -2.02. The van der Waals surface area contributed by atoms with Gasteiger partial charge in [0.15, 0.2) is 0 Å². The molecule has 1 aromatic carbocycles. The summed E-state index contributed by atoms with van der Waals surface area (Å²) in [4.78, 5) is 0. The molecular formula is C11H15N5S. The summed E-state index contributed by atoms with van der Waals surface area (Å²) in [6, 6.07) is 8.03. The molecule has 0 atom stereocenters. The molecule has 0 aliphatic heterocycles. The van der Waals surface area contributed by atoms with E-state index in [4.69, 9.17) is 0 Å². The Balaban J connectivity index is 1.97. The van der Waals surface area contributed by atoms with Crippen LogP contribution in [0.4, 0.5) is 5.69 Å². The third kappa shape index (κ3) is 3.45. The van der Waals surface area contributed by atoms with Crippen molar-refractivity contribution in [2.45, 2.75) is 6.42 Å². The van der Waals surface area contributed by atoms with Crippen LogP contribution in [-0.4, -0.2) is 39.2 Å². The first-order valence-electron chi connectivity index (χ1n) is 5.47. The van der Waals surface area contributed by atoms with Crippen LogP contribution in [-0.2, 0) is 0 Å². The lowest BCUT2D eigenvalue weighted by molar-refractivity contribution is 0.881. The van der Waals surface area contributed by atoms with Gasteiger partial charge in [-0.2, -0.15) is 17.0 Å². The van der Waals surface area contributed by atoms with E-state index in [2.05, 4.69) is 32.2 Å². The minimum atomic E-state index is 0.623. The van der Waals surface area contributed by atoms with Crippen LogP contribution in [0.25, 0.3) is 11.4 Å². The number of nitrogens with one attached hydrogen (secondary N) is 2. The van der Waals surface area contributed by atoms with Crippen molar-refractivity contribution in [3.8, 4) is 11.4 Å². The standard InChI is InChI=1S/C11H15N5S/c1-17-7-3-6-12-10-5-2-4-9(8-10)11-13-15-16-14-11/h2,4-5,8,12H,3,6-7H2,1H3,(H,13,14,15,16). The summed E-state index contributed by atoms with van der Waals surface area (Å²) in [7, 11) is 0. The second-order valence-electron chi connectivity index (χ2n) is 3.59. The zero-order chi connectivity index (χ0) is 11.9. The van der Waals surface area contributed by atoms with E-state index >= 15 is 0 Å². The van der Waals surface area contributed by atoms with E-state index in [9.17, 15) is 0 Å². The highest BCUT2D eigenvalue weighted by Crippen LogP contribution is 2.18. The minimum Gasteiger partial charge on any atom is -0.385 e. The lowest BCUT2D eigenvalue weighted by Gasteiger charge is -2.06. The fraction of sp³-hybridized carbons (Fsp3) is 0.364. The predicted molar refractivity (Wildman–Crippen MR) is 71.1 cm³/mol. The van der Waals surface area contributed by atoms with Crippen molar-refractivity contribution in [2.24, 2.45) is 0 Å². The lowest BCUT2D eigenvalue weighted by atomic mass is 10.2. The molecule has 0 aliphatic carbocycles. The van der Waals surface area contributed by atoms with E-state index in [0.29, 0.717) is 5.82 Å². The van der Waals surface area contributed by atoms with Gasteiger partial charge in [0, 0.05) is 17.8 Å². The Kier molecular flexibility index (Phi) is 4.37. The van der Waals surface area contributed by atoms with E-state index < -0.39 is 0 Å². The third-order valence-corrected chi connectivity index (χ3v) is 3.02. The van der Waals surface area contributed by atoms with Gasteiger partial charge in [0.1, 0.15) is 0 Å². The summed E-state index contributed by atoms with van der Waals surface area (Å²) in [5.41, 5.74) is 2.06. The number of aromatic amines is 1. The Morgan fingerprint density at radius 1 is 1.41 bits per heavy atom. The van der Waals surface area contributed by atoms with Crippen molar-refractivity contribution >= 4 is 17.4 Å². The summed E-state index contributed by atoms with van der Waals surface area (Å²) in [6.45, 7) is 0.983. The van der Waals surface area contributed by atoms with Gasteiger partial charge < -0.3 is 5.32 Å². The first-order chi connectivity index (χ1) is 8.40. The van der Waals surface area contributed by atoms with Gasteiger partial charge in [-0.15, -0.1) is 10.2 Å². The van der Waals surface area contributed by atoms with E-state index in [1.807, 2.05) is 36.0 Å². The van der Waals surface area contributed by atoms with Crippen LogP contribution in [0.3, 0.4) is 0 Å². The number of hydrogen-bond donors (Lipinski definition) is 2. The van der Waals surface area contributed by atoms with Crippen molar-refractivity contribution < 1.29 is 0 Å². The van der Waals surface area contributed by atoms with Gasteiger partial charge in [0.25, 0.3) is 0 Å². The smallest absolute Gasteiger partial charge is 0.204 e. The van der Waals surface area contributed by atoms with E-state index in [1.165, 1.54) is 5.75 Å². The number of benzene rings is 1. The van der Waals surface area contributed by atoms with Crippen LogP contribution in [0.1, 0.15) is 6.42 Å². The van der Waals surface area contributed by atoms with Gasteiger partial charge in [-0.3, -0.25) is 0 Å². The van der Waals surface area contributed by atoms with Crippen molar-refractivity contribution in [3.05, 3.63) is 24.3 Å². The van der Waals surface area contributed by atoms with Gasteiger partial charge in [0.05, 0.1) is 0 Å². The fourth-order valence-corrected chi connectivity index (χ4v) is 1.93. The van der Waals surface area contributed by atoms with Gasteiger partial charge >= 0.3 is 0 Å². The highest BCUT2D eigenvalue weighted by Gasteiger charge is 2.02. The van der Waals surface area contributed by atoms with E-state index in [0.717, 1.165) is 24.2 Å². The average molecular weight is 249 g/mol. The molecule has 2 N–H and O–H groups in total. The minimum absolute atomic E-state index is 0.623. The summed E-state index contributed by atoms with van der Waals surface area (Å²) in [5, 5.41) is 17.3. The van der Waals surface area contributed by atoms with Crippen LogP contribution in [0.2, 0.25) is 0 Å². The molecule has 2 aromatic rings. The zero-order valence-electron chi connectivity index (χ0n) is 9.68. The van der Waals surface area contributed by atoms with Crippen molar-refractivity contribution in [3.63, 3.8) is 0 Å². The fourth-order valence-electron chi connectivity index (χ4n) is 1.50. The highest BCUT2D eigenvalue weighted by molar-refractivity contribution is 7.98. The molecule has 0 amide bonds. The molecule has 17 heavy (non-hydrogen) atoms. The summed E-state index contributed by atoms with van der Waals surface area (Å²) in [6.07, 6.45) is 3.28. The Bertz CT molecular complexity index is 443. The number of H-pyrrole nitrogens is 1. The van der Waals surface area contributed by atoms with Crippen LogP contribution in [0.15, 0.2) is 24.3 Å². The number of thioether (sulfide) groups is 1. The van der Waals surface area contributed by atoms with Gasteiger partial charge in [-0.1, -0.05) is 12.1 Å². The molecule has 1 heterocycles. The molecule has 90 valence electrons. The molecule has 0 radical (unpaired) electrons. The predicted octanol–water partition coefficient (Wildman–Crippen LogP) is 2.03. The monoisotopic (exact) mass is 249 g/mol. The number of anilines is 1. The maximum absolute atomic E-state index is 3.96. The first-order valence-corrected chi connectivity index (χ1v) is 6.86. The normalized spacial score (nSPS) is 10.4.